The second-order valence-corrected chi connectivity index (χ2v) is 10.1. The highest BCUT2D eigenvalue weighted by Gasteiger charge is 2.36. The molecule has 3 N–H and O–H groups in total. The van der Waals surface area contributed by atoms with E-state index in [1.165, 1.54) is 14.2 Å². The van der Waals surface area contributed by atoms with E-state index in [2.05, 4.69) is 22.0 Å². The third-order valence-corrected chi connectivity index (χ3v) is 7.53. The van der Waals surface area contributed by atoms with Crippen molar-refractivity contribution in [3.05, 3.63) is 105 Å². The second kappa shape index (κ2) is 13.1. The molecule has 1 heterocycles. The summed E-state index contributed by atoms with van der Waals surface area (Å²) in [6.45, 7) is 1.76. The number of halogens is 1. The van der Waals surface area contributed by atoms with E-state index < -0.39 is 5.92 Å². The minimum atomic E-state index is -0.743. The average Bonchev–Trinajstić information content (AvgIpc) is 2.96. The number of dihydropyridines is 1. The molecular weight excluding hydrogens is 548 g/mol. The molecule has 40 heavy (non-hydrogen) atoms. The Kier molecular flexibility index (Phi) is 9.38. The summed E-state index contributed by atoms with van der Waals surface area (Å²) in [4.78, 5) is 26.5. The monoisotopic (exact) mass is 574 g/mol. The molecule has 0 spiro atoms. The maximum Gasteiger partial charge on any atom is 0.254 e. The highest BCUT2D eigenvalue weighted by atomic mass is 35.5. The van der Waals surface area contributed by atoms with Gasteiger partial charge in [-0.3, -0.25) is 9.59 Å². The SMILES string of the molecule is COc1ccc(OC)c(NC(=O)CSC2=C(C#N)[C@@H](c3ccccc3Cl)C(C(=O)Nc3ccccc3)=C(C)N2)c1. The maximum atomic E-state index is 13.5. The van der Waals surface area contributed by atoms with Crippen LogP contribution in [0.25, 0.3) is 0 Å². The topological polar surface area (TPSA) is 112 Å². The third kappa shape index (κ3) is 6.42. The number of para-hydroxylation sites is 1. The molecule has 1 aliphatic heterocycles. The number of nitrogens with one attached hydrogen (secondary N) is 3. The zero-order chi connectivity index (χ0) is 28.6. The van der Waals surface area contributed by atoms with E-state index in [9.17, 15) is 14.9 Å². The Morgan fingerprint density at radius 2 is 1.75 bits per heavy atom. The Morgan fingerprint density at radius 3 is 2.42 bits per heavy atom. The number of carbonyl (C=O) groups is 2. The van der Waals surface area contributed by atoms with Crippen LogP contribution in [0.1, 0.15) is 18.4 Å². The number of anilines is 2. The van der Waals surface area contributed by atoms with E-state index in [4.69, 9.17) is 21.1 Å². The first-order chi connectivity index (χ1) is 19.4. The number of methoxy groups -OCH3 is 2. The summed E-state index contributed by atoms with van der Waals surface area (Å²) in [5.41, 5.74) is 2.90. The van der Waals surface area contributed by atoms with E-state index in [1.807, 2.05) is 24.3 Å². The number of rotatable bonds is 9. The third-order valence-electron chi connectivity index (χ3n) is 6.17. The van der Waals surface area contributed by atoms with Crippen molar-refractivity contribution in [1.29, 1.82) is 5.26 Å². The molecule has 8 nitrogen and oxygen atoms in total. The lowest BCUT2D eigenvalue weighted by Crippen LogP contribution is -2.31. The lowest BCUT2D eigenvalue weighted by Gasteiger charge is -2.30. The summed E-state index contributed by atoms with van der Waals surface area (Å²) >= 11 is 7.74. The molecular formula is C30H27ClN4O4S. The second-order valence-electron chi connectivity index (χ2n) is 8.70. The first-order valence-corrected chi connectivity index (χ1v) is 13.6. The molecule has 0 saturated heterocycles. The number of thioether (sulfide) groups is 1. The molecule has 204 valence electrons. The molecule has 10 heteroatoms. The molecule has 2 amide bonds. The van der Waals surface area contributed by atoms with Crippen LogP contribution in [-0.2, 0) is 9.59 Å². The van der Waals surface area contributed by atoms with Crippen molar-refractivity contribution < 1.29 is 19.1 Å². The Balaban J connectivity index is 1.63. The fourth-order valence-electron chi connectivity index (χ4n) is 4.30. The minimum absolute atomic E-state index is 0.0120. The van der Waals surface area contributed by atoms with Crippen molar-refractivity contribution in [1.82, 2.24) is 5.32 Å². The molecule has 0 unspecified atom stereocenters. The molecule has 0 radical (unpaired) electrons. The highest BCUT2D eigenvalue weighted by Crippen LogP contribution is 2.43. The van der Waals surface area contributed by atoms with Crippen LogP contribution in [0.15, 0.2) is 94.7 Å². The van der Waals surface area contributed by atoms with Crippen LogP contribution >= 0.6 is 23.4 Å². The van der Waals surface area contributed by atoms with Gasteiger partial charge in [0, 0.05) is 28.0 Å². The number of nitrogens with zero attached hydrogens (tertiary/aromatic N) is 1. The zero-order valence-electron chi connectivity index (χ0n) is 22.1. The molecule has 1 aliphatic rings. The van der Waals surface area contributed by atoms with Crippen molar-refractivity contribution >= 4 is 46.6 Å². The molecule has 0 saturated carbocycles. The van der Waals surface area contributed by atoms with Gasteiger partial charge in [0.15, 0.2) is 0 Å². The van der Waals surface area contributed by atoms with Crippen LogP contribution in [0.4, 0.5) is 11.4 Å². The molecule has 0 bridgehead atoms. The van der Waals surface area contributed by atoms with Gasteiger partial charge in [-0.1, -0.05) is 59.8 Å². The maximum absolute atomic E-state index is 13.5. The van der Waals surface area contributed by atoms with Crippen molar-refractivity contribution in [3.8, 4) is 17.6 Å². The van der Waals surface area contributed by atoms with Crippen molar-refractivity contribution in [2.75, 3.05) is 30.6 Å². The molecule has 0 fully saturated rings. The van der Waals surface area contributed by atoms with Gasteiger partial charge in [-0.2, -0.15) is 5.26 Å². The van der Waals surface area contributed by atoms with E-state index in [1.54, 1.807) is 55.5 Å². The Morgan fingerprint density at radius 1 is 1.02 bits per heavy atom. The standard InChI is InChI=1S/C30H27ClN4O4S/c1-18-27(29(37)34-19-9-5-4-6-10-19)28(21-11-7-8-12-23(21)31)22(16-32)30(33-18)40-17-26(36)35-24-15-20(38-2)13-14-25(24)39-3/h4-15,28,33H,17H2,1-3H3,(H,34,37)(H,35,36)/t28-/m1/s1. The molecule has 3 aromatic rings. The van der Waals surface area contributed by atoms with Crippen molar-refractivity contribution in [2.24, 2.45) is 0 Å². The molecule has 4 rings (SSSR count). The number of allylic oxidation sites excluding steroid dienone is 2. The number of hydrogen-bond donors (Lipinski definition) is 3. The number of hydrogen-bond acceptors (Lipinski definition) is 7. The normalized spacial score (nSPS) is 14.6. The average molecular weight is 575 g/mol. The van der Waals surface area contributed by atoms with Gasteiger partial charge >= 0.3 is 0 Å². The number of amides is 2. The summed E-state index contributed by atoms with van der Waals surface area (Å²) < 4.78 is 10.6. The van der Waals surface area contributed by atoms with E-state index in [0.717, 1.165) is 11.8 Å². The molecule has 3 aromatic carbocycles. The highest BCUT2D eigenvalue weighted by molar-refractivity contribution is 8.03. The predicted octanol–water partition coefficient (Wildman–Crippen LogP) is 6.06. The van der Waals surface area contributed by atoms with Gasteiger partial charge in [0.2, 0.25) is 5.91 Å². The summed E-state index contributed by atoms with van der Waals surface area (Å²) in [7, 11) is 3.05. The van der Waals surface area contributed by atoms with Crippen LogP contribution < -0.4 is 25.4 Å². The Bertz CT molecular complexity index is 1530. The number of nitriles is 1. The number of ether oxygens (including phenoxy) is 2. The van der Waals surface area contributed by atoms with Crippen LogP contribution in [0, 0.1) is 11.3 Å². The zero-order valence-corrected chi connectivity index (χ0v) is 23.7. The van der Waals surface area contributed by atoms with Crippen LogP contribution in [-0.4, -0.2) is 31.8 Å². The lowest BCUT2D eigenvalue weighted by atomic mass is 9.82. The predicted molar refractivity (Wildman–Crippen MR) is 158 cm³/mol. The fourth-order valence-corrected chi connectivity index (χ4v) is 5.44. The lowest BCUT2D eigenvalue weighted by molar-refractivity contribution is -0.114. The summed E-state index contributed by atoms with van der Waals surface area (Å²) in [6, 6.07) is 23.5. The van der Waals surface area contributed by atoms with E-state index in [0.29, 0.717) is 49.8 Å². The van der Waals surface area contributed by atoms with E-state index in [-0.39, 0.29) is 23.1 Å². The van der Waals surface area contributed by atoms with Crippen LogP contribution in [0.2, 0.25) is 5.02 Å². The van der Waals surface area contributed by atoms with Crippen LogP contribution in [0.3, 0.4) is 0 Å². The van der Waals surface area contributed by atoms with Gasteiger partial charge in [0.1, 0.15) is 11.5 Å². The summed E-state index contributed by atoms with van der Waals surface area (Å²) in [5, 5.41) is 20.1. The summed E-state index contributed by atoms with van der Waals surface area (Å²) in [6.07, 6.45) is 0. The fraction of sp³-hybridized carbons (Fsp3) is 0.167. The van der Waals surface area contributed by atoms with Crippen molar-refractivity contribution in [3.63, 3.8) is 0 Å². The largest absolute Gasteiger partial charge is 0.497 e. The summed E-state index contributed by atoms with van der Waals surface area (Å²) in [5.74, 6) is -0.377. The smallest absolute Gasteiger partial charge is 0.254 e. The first kappa shape index (κ1) is 28.6. The van der Waals surface area contributed by atoms with Crippen molar-refractivity contribution in [2.45, 2.75) is 12.8 Å². The first-order valence-electron chi connectivity index (χ1n) is 12.2. The molecule has 1 atom stereocenters. The van der Waals surface area contributed by atoms with Gasteiger partial charge in [-0.05, 0) is 42.8 Å². The van der Waals surface area contributed by atoms with Gasteiger partial charge in [0.05, 0.1) is 48.2 Å². The van der Waals surface area contributed by atoms with Gasteiger partial charge in [-0.15, -0.1) is 0 Å². The Hall–Kier alpha value is -4.39. The van der Waals surface area contributed by atoms with Crippen LogP contribution in [0.5, 0.6) is 11.5 Å². The number of carbonyl (C=O) groups excluding carboxylic acids is 2. The van der Waals surface area contributed by atoms with Gasteiger partial charge in [0.25, 0.3) is 5.91 Å². The molecule has 0 aliphatic carbocycles. The van der Waals surface area contributed by atoms with E-state index >= 15 is 0 Å². The van der Waals surface area contributed by atoms with Gasteiger partial charge in [-0.25, -0.2) is 0 Å². The molecule has 0 aromatic heterocycles. The quantitative estimate of drug-likeness (QED) is 0.284. The number of benzene rings is 3. The van der Waals surface area contributed by atoms with Gasteiger partial charge < -0.3 is 25.4 Å². The Labute approximate surface area is 242 Å². The minimum Gasteiger partial charge on any atom is -0.497 e.